The van der Waals surface area contributed by atoms with Crippen molar-refractivity contribution in [1.82, 2.24) is 0 Å². The number of aliphatic hydroxyl groups excluding tert-OH is 1. The number of carbonyl (C=O) groups is 2. The number of Topliss-reactive ketones (excluding diaryl/α,β-unsaturated/α-hetero) is 1. The van der Waals surface area contributed by atoms with Gasteiger partial charge in [0.15, 0.2) is 0 Å². The SMILES string of the molecule is O=C(O)CCCC=CC[C@H]1C(=O)CCC1c1ccc(C(O)C2CCCCC2)cc1. The van der Waals surface area contributed by atoms with Gasteiger partial charge in [0.25, 0.3) is 0 Å². The van der Waals surface area contributed by atoms with Gasteiger partial charge < -0.3 is 10.2 Å². The van der Waals surface area contributed by atoms with Gasteiger partial charge in [0.1, 0.15) is 5.78 Å². The molecule has 0 radical (unpaired) electrons. The Bertz CT molecular complexity index is 700. The third-order valence-corrected chi connectivity index (χ3v) is 6.72. The van der Waals surface area contributed by atoms with Crippen LogP contribution in [0.25, 0.3) is 0 Å². The first-order valence-electron chi connectivity index (χ1n) is 11.2. The van der Waals surface area contributed by atoms with Crippen LogP contribution in [-0.2, 0) is 9.59 Å². The van der Waals surface area contributed by atoms with Crippen molar-refractivity contribution < 1.29 is 19.8 Å². The van der Waals surface area contributed by atoms with E-state index in [2.05, 4.69) is 24.3 Å². The summed E-state index contributed by atoms with van der Waals surface area (Å²) >= 11 is 0. The van der Waals surface area contributed by atoms with Crippen LogP contribution in [0.1, 0.15) is 93.8 Å². The molecule has 0 spiro atoms. The summed E-state index contributed by atoms with van der Waals surface area (Å²) in [5.74, 6) is 0.201. The summed E-state index contributed by atoms with van der Waals surface area (Å²) in [6, 6.07) is 8.31. The van der Waals surface area contributed by atoms with E-state index in [4.69, 9.17) is 5.11 Å². The van der Waals surface area contributed by atoms with Crippen molar-refractivity contribution >= 4 is 11.8 Å². The average Bonchev–Trinajstić information content (AvgIpc) is 3.11. The van der Waals surface area contributed by atoms with Crippen molar-refractivity contribution in [2.75, 3.05) is 0 Å². The van der Waals surface area contributed by atoms with Gasteiger partial charge in [0.05, 0.1) is 6.10 Å². The van der Waals surface area contributed by atoms with Crippen LogP contribution >= 0.6 is 0 Å². The Morgan fingerprint density at radius 3 is 2.48 bits per heavy atom. The first kappa shape index (κ1) is 21.8. The molecule has 0 heterocycles. The topological polar surface area (TPSA) is 74.6 Å². The lowest BCUT2D eigenvalue weighted by Crippen LogP contribution is -2.16. The van der Waals surface area contributed by atoms with Crippen LogP contribution in [0.3, 0.4) is 0 Å². The summed E-state index contributed by atoms with van der Waals surface area (Å²) in [6.45, 7) is 0. The van der Waals surface area contributed by atoms with Gasteiger partial charge in [-0.3, -0.25) is 9.59 Å². The number of carboxylic acids is 1. The van der Waals surface area contributed by atoms with Crippen LogP contribution < -0.4 is 0 Å². The number of allylic oxidation sites excluding steroid dienone is 2. The number of carboxylic acid groups (broad SMARTS) is 1. The standard InChI is InChI=1S/C25H34O4/c26-23-17-16-21(22(23)10-6-1-2-7-11-24(27)28)18-12-14-20(15-13-18)25(29)19-8-4-3-5-9-19/h1,6,12-15,19,21-22,25,29H,2-5,7-11,16-17H2,(H,27,28)/t21?,22-,25?/m1/s1. The van der Waals surface area contributed by atoms with Crippen molar-refractivity contribution in [2.24, 2.45) is 11.8 Å². The molecular weight excluding hydrogens is 364 g/mol. The molecule has 0 amide bonds. The molecule has 3 rings (SSSR count). The summed E-state index contributed by atoms with van der Waals surface area (Å²) in [6.07, 6.45) is 13.4. The van der Waals surface area contributed by atoms with E-state index in [-0.39, 0.29) is 24.4 Å². The molecule has 2 N–H and O–H groups in total. The first-order valence-corrected chi connectivity index (χ1v) is 11.2. The summed E-state index contributed by atoms with van der Waals surface area (Å²) < 4.78 is 0. The molecule has 2 unspecified atom stereocenters. The predicted octanol–water partition coefficient (Wildman–Crippen LogP) is 5.56. The van der Waals surface area contributed by atoms with Crippen LogP contribution in [-0.4, -0.2) is 22.0 Å². The zero-order valence-electron chi connectivity index (χ0n) is 17.3. The average molecular weight is 399 g/mol. The van der Waals surface area contributed by atoms with Crippen LogP contribution in [0, 0.1) is 11.8 Å². The third kappa shape index (κ3) is 6.02. The van der Waals surface area contributed by atoms with Crippen molar-refractivity contribution in [3.05, 3.63) is 47.5 Å². The fraction of sp³-hybridized carbons (Fsp3) is 0.600. The number of benzene rings is 1. The van der Waals surface area contributed by atoms with E-state index < -0.39 is 5.97 Å². The summed E-state index contributed by atoms with van der Waals surface area (Å²) in [5.41, 5.74) is 2.19. The van der Waals surface area contributed by atoms with E-state index in [1.807, 2.05) is 12.2 Å². The molecule has 0 saturated heterocycles. The summed E-state index contributed by atoms with van der Waals surface area (Å²) in [7, 11) is 0. The van der Waals surface area contributed by atoms with Gasteiger partial charge in [0.2, 0.25) is 0 Å². The Morgan fingerprint density at radius 1 is 1.07 bits per heavy atom. The molecule has 2 aliphatic carbocycles. The number of ketones is 1. The fourth-order valence-electron chi connectivity index (χ4n) is 5.00. The van der Waals surface area contributed by atoms with Gasteiger partial charge in [-0.15, -0.1) is 0 Å². The van der Waals surface area contributed by atoms with E-state index in [1.54, 1.807) is 0 Å². The lowest BCUT2D eigenvalue weighted by atomic mass is 9.81. The molecule has 1 aromatic carbocycles. The largest absolute Gasteiger partial charge is 0.481 e. The van der Waals surface area contributed by atoms with Gasteiger partial charge >= 0.3 is 5.97 Å². The second kappa shape index (κ2) is 10.7. The number of rotatable bonds is 9. The van der Waals surface area contributed by atoms with Crippen molar-refractivity contribution in [1.29, 1.82) is 0 Å². The van der Waals surface area contributed by atoms with Gasteiger partial charge in [-0.2, -0.15) is 0 Å². The highest BCUT2D eigenvalue weighted by Crippen LogP contribution is 2.40. The third-order valence-electron chi connectivity index (χ3n) is 6.72. The Morgan fingerprint density at radius 2 is 1.79 bits per heavy atom. The van der Waals surface area contributed by atoms with E-state index in [0.717, 1.165) is 37.7 Å². The highest BCUT2D eigenvalue weighted by atomic mass is 16.4. The molecule has 3 atom stereocenters. The minimum absolute atomic E-state index is 0.0137. The molecular formula is C25H34O4. The van der Waals surface area contributed by atoms with Gasteiger partial charge in [-0.25, -0.2) is 0 Å². The Hall–Kier alpha value is -1.94. The molecule has 0 bridgehead atoms. The second-order valence-electron chi connectivity index (χ2n) is 8.72. The van der Waals surface area contributed by atoms with Crippen LogP contribution in [0.5, 0.6) is 0 Å². The van der Waals surface area contributed by atoms with Crippen LogP contribution in [0.2, 0.25) is 0 Å². The van der Waals surface area contributed by atoms with Crippen LogP contribution in [0.4, 0.5) is 0 Å². The first-order chi connectivity index (χ1) is 14.1. The smallest absolute Gasteiger partial charge is 0.303 e. The molecule has 0 aliphatic heterocycles. The molecule has 4 nitrogen and oxygen atoms in total. The highest BCUT2D eigenvalue weighted by Gasteiger charge is 2.34. The van der Waals surface area contributed by atoms with E-state index in [1.165, 1.54) is 24.8 Å². The molecule has 4 heteroatoms. The monoisotopic (exact) mass is 398 g/mol. The van der Waals surface area contributed by atoms with Crippen molar-refractivity contribution in [2.45, 2.75) is 82.7 Å². The highest BCUT2D eigenvalue weighted by molar-refractivity contribution is 5.84. The number of aliphatic hydroxyl groups is 1. The number of aliphatic carboxylic acids is 1. The molecule has 29 heavy (non-hydrogen) atoms. The van der Waals surface area contributed by atoms with E-state index >= 15 is 0 Å². The minimum atomic E-state index is -0.763. The molecule has 2 fully saturated rings. The Balaban J connectivity index is 1.57. The number of carbonyl (C=O) groups excluding carboxylic acids is 1. The molecule has 0 aromatic heterocycles. The summed E-state index contributed by atoms with van der Waals surface area (Å²) in [4.78, 5) is 23.0. The molecule has 1 aromatic rings. The van der Waals surface area contributed by atoms with Gasteiger partial charge in [-0.05, 0) is 61.5 Å². The molecule has 158 valence electrons. The lowest BCUT2D eigenvalue weighted by molar-refractivity contribution is -0.137. The van der Waals surface area contributed by atoms with Gasteiger partial charge in [0, 0.05) is 18.8 Å². The van der Waals surface area contributed by atoms with E-state index in [0.29, 0.717) is 24.5 Å². The Labute approximate surface area is 174 Å². The molecule has 2 saturated carbocycles. The van der Waals surface area contributed by atoms with Crippen molar-refractivity contribution in [3.8, 4) is 0 Å². The predicted molar refractivity (Wildman–Crippen MR) is 114 cm³/mol. The van der Waals surface area contributed by atoms with E-state index in [9.17, 15) is 14.7 Å². The normalized spacial score (nSPS) is 24.2. The molecule has 2 aliphatic rings. The lowest BCUT2D eigenvalue weighted by Gasteiger charge is -2.27. The maximum atomic E-state index is 12.4. The zero-order valence-corrected chi connectivity index (χ0v) is 17.3. The number of hydrogen-bond donors (Lipinski definition) is 2. The van der Waals surface area contributed by atoms with Crippen LogP contribution in [0.15, 0.2) is 36.4 Å². The number of hydrogen-bond acceptors (Lipinski definition) is 3. The minimum Gasteiger partial charge on any atom is -0.481 e. The Kier molecular flexibility index (Phi) is 8.05. The zero-order chi connectivity index (χ0) is 20.6. The van der Waals surface area contributed by atoms with Gasteiger partial charge in [-0.1, -0.05) is 55.7 Å². The fourth-order valence-corrected chi connectivity index (χ4v) is 5.00. The maximum Gasteiger partial charge on any atom is 0.303 e. The summed E-state index contributed by atoms with van der Waals surface area (Å²) in [5, 5.41) is 19.4. The van der Waals surface area contributed by atoms with Crippen molar-refractivity contribution in [3.63, 3.8) is 0 Å². The number of unbranched alkanes of at least 4 members (excludes halogenated alkanes) is 1. The quantitative estimate of drug-likeness (QED) is 0.421. The maximum absolute atomic E-state index is 12.4. The second-order valence-corrected chi connectivity index (χ2v) is 8.72.